The maximum Gasteiger partial charge on any atom is 0.407 e. The maximum atomic E-state index is 16.1. The van der Waals surface area contributed by atoms with Crippen LogP contribution in [0.15, 0.2) is 67.0 Å². The van der Waals surface area contributed by atoms with Gasteiger partial charge in [-0.1, -0.05) is 65.5 Å². The molecule has 0 aliphatic carbocycles. The van der Waals surface area contributed by atoms with Gasteiger partial charge in [0.05, 0.1) is 26.4 Å². The Morgan fingerprint density at radius 1 is 0.785 bits per heavy atom. The molecule has 2 aromatic heterocycles. The number of ether oxygens (including phenoxy) is 3. The first-order valence-electron chi connectivity index (χ1n) is 26.2. The number of carbonyl (C=O) groups is 5. The Labute approximate surface area is 457 Å². The number of anilines is 1. The van der Waals surface area contributed by atoms with Crippen LogP contribution in [0.2, 0.25) is 0 Å². The number of likely N-dealkylation sites (tertiary alicyclic amines) is 1. The van der Waals surface area contributed by atoms with Crippen LogP contribution in [0.5, 0.6) is 0 Å². The fourth-order valence-corrected chi connectivity index (χ4v) is 9.95. The van der Waals surface area contributed by atoms with Gasteiger partial charge in [0.1, 0.15) is 35.6 Å². The third kappa shape index (κ3) is 15.5. The quantitative estimate of drug-likeness (QED) is 0.0368. The number of fused-ring (bicyclic) bond motifs is 2. The van der Waals surface area contributed by atoms with Crippen molar-refractivity contribution in [2.75, 3.05) is 51.9 Å². The van der Waals surface area contributed by atoms with Crippen molar-refractivity contribution >= 4 is 35.7 Å². The molecule has 4 aromatic rings. The van der Waals surface area contributed by atoms with Crippen LogP contribution in [0.3, 0.4) is 0 Å². The highest BCUT2D eigenvalue weighted by Crippen LogP contribution is 2.34. The summed E-state index contributed by atoms with van der Waals surface area (Å²) < 4.78 is 75.2. The number of hydrazine groups is 1. The topological polar surface area (TPSA) is 217 Å². The molecule has 0 radical (unpaired) electrons. The highest BCUT2D eigenvalue weighted by Gasteiger charge is 2.42. The van der Waals surface area contributed by atoms with E-state index < -0.39 is 101 Å². The number of amides is 5. The van der Waals surface area contributed by atoms with E-state index in [-0.39, 0.29) is 35.6 Å². The van der Waals surface area contributed by atoms with Crippen molar-refractivity contribution in [2.45, 2.75) is 117 Å². The third-order valence-corrected chi connectivity index (χ3v) is 14.3. The minimum atomic E-state index is -1.64. The first-order valence-corrected chi connectivity index (χ1v) is 26.2. The number of alkyl carbamates (subject to hydrolysis) is 2. The molecule has 7 atom stereocenters. The van der Waals surface area contributed by atoms with Crippen molar-refractivity contribution in [3.8, 4) is 23.0 Å². The van der Waals surface area contributed by atoms with E-state index in [0.29, 0.717) is 35.8 Å². The fourth-order valence-electron chi connectivity index (χ4n) is 9.95. The Bertz CT molecular complexity index is 2880. The van der Waals surface area contributed by atoms with Gasteiger partial charge in [-0.25, -0.2) is 37.7 Å². The molecule has 2 unspecified atom stereocenters. The highest BCUT2D eigenvalue weighted by molar-refractivity contribution is 5.87. The summed E-state index contributed by atoms with van der Waals surface area (Å²) in [5.41, 5.74) is 1.70. The molecule has 2 bridgehead atoms. The second-order valence-electron chi connectivity index (χ2n) is 22.4. The summed E-state index contributed by atoms with van der Waals surface area (Å²) >= 11 is 0. The Kier molecular flexibility index (Phi) is 19.2. The fraction of sp³-hybridized carbons (Fsp3) is 0.491. The number of hydrogen-bond acceptors (Lipinski definition) is 13. The van der Waals surface area contributed by atoms with Crippen LogP contribution in [0.4, 0.5) is 33.0 Å². The smallest absolute Gasteiger partial charge is 0.407 e. The lowest BCUT2D eigenvalue weighted by atomic mass is 9.85. The standard InChI is InChI=1S/C57H69F4N9O9/c1-56(2,3)48(65-54(75)77-7)51(72)64-44(23-34-14-11-33(12-15-34)13-16-35-17-18-47(62-27-35)68-20-19-36-22-39(30-68)70(29-36)53(74)46-10-9-21-79-46)45(71)32-69(67-52(73)49(57(4,5)6)66-55(76)78-8)31-40-41(58)24-37(25-42(40)59)38-26-43(60)50(61)63-28-38/h11-12,14-15,17-18,24-28,36,39,44-46,48-49,71H,9-10,19-23,29-32H2,1-8H3,(H,64,72)(H,65,75)(H,66,76)(H,67,73)/t36?,39?,44-,45-,46-,48+,49+/m0/s1. The lowest BCUT2D eigenvalue weighted by Crippen LogP contribution is -2.61. The number of rotatable bonds is 16. The van der Waals surface area contributed by atoms with Crippen LogP contribution in [0.1, 0.15) is 89.5 Å². The van der Waals surface area contributed by atoms with Crippen molar-refractivity contribution in [1.29, 1.82) is 0 Å². The van der Waals surface area contributed by atoms with Crippen molar-refractivity contribution in [2.24, 2.45) is 16.7 Å². The predicted molar refractivity (Wildman–Crippen MR) is 283 cm³/mol. The molecule has 3 aliphatic rings. The van der Waals surface area contributed by atoms with Crippen LogP contribution >= 0.6 is 0 Å². The number of nitrogens with zero attached hydrogens (tertiary/aromatic N) is 5. The average Bonchev–Trinajstić information content (AvgIpc) is 4.14. The number of aromatic nitrogens is 2. The van der Waals surface area contributed by atoms with Crippen molar-refractivity contribution in [3.63, 3.8) is 0 Å². The Morgan fingerprint density at radius 3 is 1.99 bits per heavy atom. The minimum Gasteiger partial charge on any atom is -0.453 e. The maximum absolute atomic E-state index is 16.1. The second-order valence-corrected chi connectivity index (χ2v) is 22.4. The minimum absolute atomic E-state index is 0.0601. The summed E-state index contributed by atoms with van der Waals surface area (Å²) in [7, 11) is 2.24. The number of aliphatic hydroxyl groups excluding tert-OH is 1. The molecule has 3 saturated heterocycles. The van der Waals surface area contributed by atoms with E-state index in [2.05, 4.69) is 43.1 Å². The number of aliphatic hydroxyl groups is 1. The Balaban J connectivity index is 1.12. The molecule has 0 spiro atoms. The van der Waals surface area contributed by atoms with Gasteiger partial charge in [-0.2, -0.15) is 4.39 Å². The number of pyridine rings is 2. The summed E-state index contributed by atoms with van der Waals surface area (Å²) in [5.74, 6) is 0.975. The summed E-state index contributed by atoms with van der Waals surface area (Å²) in [6, 6.07) is 9.66. The monoisotopic (exact) mass is 1100 g/mol. The molecule has 5 heterocycles. The first kappa shape index (κ1) is 59.3. The molecular formula is C57H69F4N9O9. The zero-order valence-corrected chi connectivity index (χ0v) is 45.6. The molecular weight excluding hydrogens is 1030 g/mol. The molecule has 0 saturated carbocycles. The van der Waals surface area contributed by atoms with Crippen molar-refractivity contribution < 1.29 is 60.9 Å². The van der Waals surface area contributed by atoms with Gasteiger partial charge >= 0.3 is 12.2 Å². The zero-order valence-electron chi connectivity index (χ0n) is 45.6. The van der Waals surface area contributed by atoms with Gasteiger partial charge < -0.3 is 45.1 Å². The van der Waals surface area contributed by atoms with E-state index in [0.717, 1.165) is 88.2 Å². The molecule has 22 heteroatoms. The molecule has 3 aliphatic heterocycles. The molecule has 424 valence electrons. The number of methoxy groups -OCH3 is 2. The van der Waals surface area contributed by atoms with Crippen LogP contribution in [-0.2, 0) is 41.6 Å². The molecule has 3 fully saturated rings. The molecule has 79 heavy (non-hydrogen) atoms. The van der Waals surface area contributed by atoms with Gasteiger partial charge in [-0.05, 0) is 102 Å². The summed E-state index contributed by atoms with van der Waals surface area (Å²) in [4.78, 5) is 78.8. The SMILES string of the molecule is COC(=O)N[C@H](C(=O)N[C@@H](Cc1ccc(C#Cc2ccc(N3CCC4CC(C3)N(C(=O)[C@@H]3CCCO3)C4)nc2)cc1)[C@@H](O)CN(Cc1c(F)cc(-c2cnc(F)c(F)c2)cc1F)NC(=O)[C@@H](NC(=O)OC)C(C)(C)C)C(C)(C)C. The Morgan fingerprint density at radius 2 is 1.41 bits per heavy atom. The number of benzene rings is 2. The van der Waals surface area contributed by atoms with Crippen LogP contribution in [0.25, 0.3) is 11.1 Å². The van der Waals surface area contributed by atoms with Gasteiger partial charge in [0, 0.05) is 80.0 Å². The van der Waals surface area contributed by atoms with Gasteiger partial charge in [-0.3, -0.25) is 19.8 Å². The number of halogens is 4. The largest absolute Gasteiger partial charge is 0.453 e. The first-order chi connectivity index (χ1) is 37.4. The molecule has 5 amide bonds. The lowest BCUT2D eigenvalue weighted by Gasteiger charge is -2.35. The van der Waals surface area contributed by atoms with Crippen LogP contribution < -0.4 is 26.3 Å². The number of hydrogen-bond donors (Lipinski definition) is 5. The molecule has 18 nitrogen and oxygen atoms in total. The summed E-state index contributed by atoms with van der Waals surface area (Å²) in [6.07, 6.45) is 2.29. The van der Waals surface area contributed by atoms with Crippen molar-refractivity contribution in [1.82, 2.24) is 41.3 Å². The predicted octanol–water partition coefficient (Wildman–Crippen LogP) is 6.17. The number of carbonyl (C=O) groups excluding carboxylic acids is 5. The summed E-state index contributed by atoms with van der Waals surface area (Å²) in [6.45, 7) is 11.6. The van der Waals surface area contributed by atoms with E-state index in [1.165, 1.54) is 0 Å². The lowest BCUT2D eigenvalue weighted by molar-refractivity contribution is -0.141. The van der Waals surface area contributed by atoms with E-state index in [4.69, 9.17) is 19.2 Å². The van der Waals surface area contributed by atoms with Gasteiger partial charge in [0.15, 0.2) is 5.82 Å². The average molecular weight is 1100 g/mol. The van der Waals surface area contributed by atoms with E-state index in [1.807, 2.05) is 17.0 Å². The molecule has 2 aromatic carbocycles. The summed E-state index contributed by atoms with van der Waals surface area (Å²) in [5, 5.41) is 21.1. The zero-order chi connectivity index (χ0) is 57.3. The molecule has 5 N–H and O–H groups in total. The van der Waals surface area contributed by atoms with Gasteiger partial charge in [0.2, 0.25) is 11.9 Å². The normalized spacial score (nSPS) is 18.8. The molecule has 7 rings (SSSR count). The van der Waals surface area contributed by atoms with Crippen LogP contribution in [0, 0.1) is 52.0 Å². The van der Waals surface area contributed by atoms with E-state index in [1.54, 1.807) is 72.0 Å². The van der Waals surface area contributed by atoms with Crippen molar-refractivity contribution in [3.05, 3.63) is 113 Å². The van der Waals surface area contributed by atoms with Crippen LogP contribution in [-0.4, -0.2) is 138 Å². The van der Waals surface area contributed by atoms with E-state index >= 15 is 8.78 Å². The van der Waals surface area contributed by atoms with Gasteiger partial charge in [0.25, 0.3) is 11.8 Å². The number of nitrogens with one attached hydrogen (secondary N) is 4. The second kappa shape index (κ2) is 25.6. The van der Waals surface area contributed by atoms with Gasteiger partial charge in [-0.15, -0.1) is 0 Å². The highest BCUT2D eigenvalue weighted by atomic mass is 19.2. The van der Waals surface area contributed by atoms with E-state index in [9.17, 15) is 37.9 Å². The Hall–Kier alpha value is -7.35. The third-order valence-electron chi connectivity index (χ3n) is 14.3.